The fourth-order valence-electron chi connectivity index (χ4n) is 3.64. The van der Waals surface area contributed by atoms with E-state index >= 15 is 0 Å². The molecule has 112 valence electrons. The van der Waals surface area contributed by atoms with Crippen molar-refractivity contribution in [2.24, 2.45) is 11.8 Å². The van der Waals surface area contributed by atoms with Crippen LogP contribution in [0.5, 0.6) is 0 Å². The Kier molecular flexibility index (Phi) is 5.67. The van der Waals surface area contributed by atoms with Gasteiger partial charge in [-0.05, 0) is 38.0 Å². The van der Waals surface area contributed by atoms with E-state index in [1.54, 1.807) is 0 Å². The molecule has 0 bridgehead atoms. The summed E-state index contributed by atoms with van der Waals surface area (Å²) in [7, 11) is 0. The molecule has 2 fully saturated rings. The van der Waals surface area contributed by atoms with Crippen LogP contribution < -0.4 is 5.32 Å². The fraction of sp³-hybridized carbons (Fsp3) is 1.00. The van der Waals surface area contributed by atoms with Crippen LogP contribution in [-0.2, 0) is 4.74 Å². The van der Waals surface area contributed by atoms with E-state index in [-0.39, 0.29) is 0 Å². The SMILES string of the molecule is CCC1CNC(C(C)C)CN1C(C)C1CCOCC1. The lowest BCUT2D eigenvalue weighted by Crippen LogP contribution is -2.61. The smallest absolute Gasteiger partial charge is 0.0469 e. The van der Waals surface area contributed by atoms with Gasteiger partial charge in [-0.3, -0.25) is 4.90 Å². The van der Waals surface area contributed by atoms with Crippen LogP contribution in [0.4, 0.5) is 0 Å². The molecule has 0 aromatic rings. The summed E-state index contributed by atoms with van der Waals surface area (Å²) in [6, 6.07) is 2.08. The van der Waals surface area contributed by atoms with Crippen molar-refractivity contribution in [1.82, 2.24) is 10.2 Å². The molecule has 2 aliphatic heterocycles. The molecule has 0 aliphatic carbocycles. The Bertz CT molecular complexity index is 263. The van der Waals surface area contributed by atoms with Gasteiger partial charge in [-0.25, -0.2) is 0 Å². The van der Waals surface area contributed by atoms with Crippen molar-refractivity contribution in [3.8, 4) is 0 Å². The van der Waals surface area contributed by atoms with Gasteiger partial charge in [-0.1, -0.05) is 20.8 Å². The number of rotatable bonds is 4. The summed E-state index contributed by atoms with van der Waals surface area (Å²) < 4.78 is 5.52. The third-order valence-corrected chi connectivity index (χ3v) is 5.24. The van der Waals surface area contributed by atoms with Crippen LogP contribution in [0, 0.1) is 11.8 Å². The van der Waals surface area contributed by atoms with Crippen LogP contribution in [0.15, 0.2) is 0 Å². The predicted molar refractivity (Wildman–Crippen MR) is 80.4 cm³/mol. The summed E-state index contributed by atoms with van der Waals surface area (Å²) in [6.45, 7) is 13.7. The van der Waals surface area contributed by atoms with E-state index in [1.165, 1.54) is 25.8 Å². The van der Waals surface area contributed by atoms with Crippen molar-refractivity contribution in [1.29, 1.82) is 0 Å². The Morgan fingerprint density at radius 1 is 1.21 bits per heavy atom. The quantitative estimate of drug-likeness (QED) is 0.848. The zero-order valence-corrected chi connectivity index (χ0v) is 13.2. The molecule has 2 saturated heterocycles. The molecule has 1 N–H and O–H groups in total. The van der Waals surface area contributed by atoms with Crippen LogP contribution >= 0.6 is 0 Å². The maximum atomic E-state index is 5.52. The Morgan fingerprint density at radius 2 is 1.89 bits per heavy atom. The number of piperazine rings is 1. The molecule has 0 radical (unpaired) electrons. The maximum absolute atomic E-state index is 5.52. The van der Waals surface area contributed by atoms with Gasteiger partial charge in [0.1, 0.15) is 0 Å². The van der Waals surface area contributed by atoms with Crippen molar-refractivity contribution in [3.05, 3.63) is 0 Å². The number of hydrogen-bond donors (Lipinski definition) is 1. The van der Waals surface area contributed by atoms with Crippen molar-refractivity contribution < 1.29 is 4.74 Å². The first-order valence-corrected chi connectivity index (χ1v) is 8.20. The predicted octanol–water partition coefficient (Wildman–Crippen LogP) is 2.51. The second-order valence-corrected chi connectivity index (χ2v) is 6.71. The Hall–Kier alpha value is -0.120. The molecule has 0 aromatic heterocycles. The van der Waals surface area contributed by atoms with Crippen LogP contribution in [0.3, 0.4) is 0 Å². The van der Waals surface area contributed by atoms with Crippen molar-refractivity contribution in [2.75, 3.05) is 26.3 Å². The van der Waals surface area contributed by atoms with Gasteiger partial charge < -0.3 is 10.1 Å². The van der Waals surface area contributed by atoms with Gasteiger partial charge in [0, 0.05) is 44.4 Å². The molecule has 2 aliphatic rings. The average molecular weight is 268 g/mol. The van der Waals surface area contributed by atoms with Gasteiger partial charge in [0.15, 0.2) is 0 Å². The maximum Gasteiger partial charge on any atom is 0.0469 e. The minimum Gasteiger partial charge on any atom is -0.381 e. The topological polar surface area (TPSA) is 24.5 Å². The van der Waals surface area contributed by atoms with Crippen molar-refractivity contribution in [2.45, 2.75) is 65.1 Å². The monoisotopic (exact) mass is 268 g/mol. The van der Waals surface area contributed by atoms with Crippen molar-refractivity contribution >= 4 is 0 Å². The summed E-state index contributed by atoms with van der Waals surface area (Å²) in [6.07, 6.45) is 3.74. The molecule has 0 spiro atoms. The van der Waals surface area contributed by atoms with Gasteiger partial charge in [-0.15, -0.1) is 0 Å². The lowest BCUT2D eigenvalue weighted by molar-refractivity contribution is -0.000609. The Balaban J connectivity index is 1.99. The van der Waals surface area contributed by atoms with Gasteiger partial charge in [0.2, 0.25) is 0 Å². The Morgan fingerprint density at radius 3 is 2.47 bits per heavy atom. The summed E-state index contributed by atoms with van der Waals surface area (Å²) >= 11 is 0. The highest BCUT2D eigenvalue weighted by atomic mass is 16.5. The van der Waals surface area contributed by atoms with E-state index in [2.05, 4.69) is 37.9 Å². The first-order chi connectivity index (χ1) is 9.13. The van der Waals surface area contributed by atoms with E-state index in [0.29, 0.717) is 18.1 Å². The zero-order chi connectivity index (χ0) is 13.8. The Labute approximate surface area is 119 Å². The second-order valence-electron chi connectivity index (χ2n) is 6.71. The van der Waals surface area contributed by atoms with E-state index in [9.17, 15) is 0 Å². The first kappa shape index (κ1) is 15.3. The molecule has 0 saturated carbocycles. The standard InChI is InChI=1S/C16H32N2O/c1-5-15-10-17-16(12(2)3)11-18(15)13(4)14-6-8-19-9-7-14/h12-17H,5-11H2,1-4H3. The molecular formula is C16H32N2O. The largest absolute Gasteiger partial charge is 0.381 e. The number of nitrogens with one attached hydrogen (secondary N) is 1. The first-order valence-electron chi connectivity index (χ1n) is 8.20. The molecule has 0 amide bonds. The minimum absolute atomic E-state index is 0.657. The summed E-state index contributed by atoms with van der Waals surface area (Å²) in [5.41, 5.74) is 0. The molecule has 0 aromatic carbocycles. The molecule has 3 nitrogen and oxygen atoms in total. The third-order valence-electron chi connectivity index (χ3n) is 5.24. The molecule has 19 heavy (non-hydrogen) atoms. The normalized spacial score (nSPS) is 32.7. The lowest BCUT2D eigenvalue weighted by atomic mass is 9.88. The van der Waals surface area contributed by atoms with Crippen LogP contribution in [0.25, 0.3) is 0 Å². The summed E-state index contributed by atoms with van der Waals surface area (Å²) in [5, 5.41) is 3.74. The molecule has 2 rings (SSSR count). The number of hydrogen-bond acceptors (Lipinski definition) is 3. The number of nitrogens with zero attached hydrogens (tertiary/aromatic N) is 1. The van der Waals surface area contributed by atoms with Crippen molar-refractivity contribution in [3.63, 3.8) is 0 Å². The summed E-state index contributed by atoms with van der Waals surface area (Å²) in [4.78, 5) is 2.79. The van der Waals surface area contributed by atoms with E-state index in [1.807, 2.05) is 0 Å². The molecule has 3 atom stereocenters. The van der Waals surface area contributed by atoms with Gasteiger partial charge >= 0.3 is 0 Å². The minimum atomic E-state index is 0.657. The average Bonchev–Trinajstić information content (AvgIpc) is 2.46. The van der Waals surface area contributed by atoms with Crippen LogP contribution in [0.2, 0.25) is 0 Å². The highest BCUT2D eigenvalue weighted by molar-refractivity contribution is 4.91. The van der Waals surface area contributed by atoms with Gasteiger partial charge in [0.05, 0.1) is 0 Å². The summed E-state index contributed by atoms with van der Waals surface area (Å²) in [5.74, 6) is 1.55. The van der Waals surface area contributed by atoms with Gasteiger partial charge in [0.25, 0.3) is 0 Å². The highest BCUT2D eigenvalue weighted by Crippen LogP contribution is 2.27. The fourth-order valence-corrected chi connectivity index (χ4v) is 3.64. The molecule has 2 heterocycles. The van der Waals surface area contributed by atoms with Gasteiger partial charge in [-0.2, -0.15) is 0 Å². The molecule has 3 heteroatoms. The van der Waals surface area contributed by atoms with Crippen LogP contribution in [0.1, 0.15) is 47.0 Å². The van der Waals surface area contributed by atoms with E-state index in [4.69, 9.17) is 4.74 Å². The zero-order valence-electron chi connectivity index (χ0n) is 13.2. The lowest BCUT2D eigenvalue weighted by Gasteiger charge is -2.47. The number of ether oxygens (including phenoxy) is 1. The van der Waals surface area contributed by atoms with Crippen LogP contribution in [-0.4, -0.2) is 49.3 Å². The van der Waals surface area contributed by atoms with E-state index < -0.39 is 0 Å². The highest BCUT2D eigenvalue weighted by Gasteiger charge is 2.34. The molecule has 3 unspecified atom stereocenters. The molecular weight excluding hydrogens is 236 g/mol. The van der Waals surface area contributed by atoms with E-state index in [0.717, 1.165) is 31.6 Å². The second kappa shape index (κ2) is 7.05. The third kappa shape index (κ3) is 3.71.